The van der Waals surface area contributed by atoms with Gasteiger partial charge >= 0.3 is 5.97 Å². The Hall–Kier alpha value is -2.93. The molecule has 0 heterocycles. The molecule has 0 saturated heterocycles. The van der Waals surface area contributed by atoms with Crippen molar-refractivity contribution in [3.63, 3.8) is 0 Å². The third-order valence-electron chi connectivity index (χ3n) is 3.92. The number of benzene rings is 2. The highest BCUT2D eigenvalue weighted by molar-refractivity contribution is 6.01. The molecule has 0 aliphatic carbocycles. The van der Waals surface area contributed by atoms with Crippen LogP contribution < -0.4 is 0 Å². The van der Waals surface area contributed by atoms with Crippen LogP contribution >= 0.6 is 0 Å². The van der Waals surface area contributed by atoms with E-state index in [1.165, 1.54) is 6.07 Å². The Labute approximate surface area is 148 Å². The van der Waals surface area contributed by atoms with Crippen LogP contribution in [-0.2, 0) is 10.2 Å². The molecular weight excluding hydrogens is 314 g/mol. The summed E-state index contributed by atoms with van der Waals surface area (Å²) >= 11 is 0. The summed E-state index contributed by atoms with van der Waals surface area (Å²) in [5.41, 5.74) is 2.25. The van der Waals surface area contributed by atoms with Gasteiger partial charge in [0.2, 0.25) is 5.78 Å². The summed E-state index contributed by atoms with van der Waals surface area (Å²) in [6.45, 7) is 7.85. The molecule has 1 atom stereocenters. The highest BCUT2D eigenvalue weighted by atomic mass is 16.5. The summed E-state index contributed by atoms with van der Waals surface area (Å²) in [5.74, 6) is -0.880. The van der Waals surface area contributed by atoms with E-state index in [1.54, 1.807) is 37.3 Å². The molecule has 0 aliphatic rings. The van der Waals surface area contributed by atoms with Crippen LogP contribution in [0, 0.1) is 11.3 Å². The molecule has 25 heavy (non-hydrogen) atoms. The van der Waals surface area contributed by atoms with Crippen molar-refractivity contribution in [2.45, 2.75) is 39.2 Å². The topological polar surface area (TPSA) is 67.2 Å². The lowest BCUT2D eigenvalue weighted by atomic mass is 9.86. The number of hydrogen-bond donors (Lipinski definition) is 0. The van der Waals surface area contributed by atoms with Crippen molar-refractivity contribution >= 4 is 11.8 Å². The van der Waals surface area contributed by atoms with E-state index in [1.807, 2.05) is 18.2 Å². The maximum Gasteiger partial charge on any atom is 0.338 e. The quantitative estimate of drug-likeness (QED) is 0.617. The zero-order valence-electron chi connectivity index (χ0n) is 14.9. The van der Waals surface area contributed by atoms with Crippen LogP contribution in [0.1, 0.15) is 59.5 Å². The van der Waals surface area contributed by atoms with E-state index in [4.69, 9.17) is 10.00 Å². The smallest absolute Gasteiger partial charge is 0.338 e. The molecule has 4 heteroatoms. The van der Waals surface area contributed by atoms with Crippen LogP contribution in [0.25, 0.3) is 0 Å². The largest absolute Gasteiger partial charge is 0.451 e. The van der Waals surface area contributed by atoms with Crippen LogP contribution in [0.15, 0.2) is 48.5 Å². The van der Waals surface area contributed by atoms with Crippen molar-refractivity contribution in [1.29, 1.82) is 5.26 Å². The van der Waals surface area contributed by atoms with Gasteiger partial charge in [-0.1, -0.05) is 51.1 Å². The Bertz CT molecular complexity index is 823. The first-order chi connectivity index (χ1) is 11.7. The molecular formula is C21H21NO3. The van der Waals surface area contributed by atoms with Crippen LogP contribution in [0.2, 0.25) is 0 Å². The molecule has 0 fully saturated rings. The molecule has 128 valence electrons. The number of Topliss-reactive ketones (excluding diaryl/α,β-unsaturated/α-hetero) is 1. The minimum Gasteiger partial charge on any atom is -0.451 e. The molecule has 0 saturated carbocycles. The number of nitriles is 1. The molecule has 0 N–H and O–H groups in total. The van der Waals surface area contributed by atoms with E-state index in [0.29, 0.717) is 11.1 Å². The first-order valence-corrected chi connectivity index (χ1v) is 8.08. The van der Waals surface area contributed by atoms with Crippen molar-refractivity contribution in [2.24, 2.45) is 0 Å². The van der Waals surface area contributed by atoms with Crippen molar-refractivity contribution in [3.8, 4) is 6.07 Å². The van der Waals surface area contributed by atoms with Crippen LogP contribution in [-0.4, -0.2) is 17.9 Å². The Morgan fingerprint density at radius 1 is 1.04 bits per heavy atom. The fourth-order valence-electron chi connectivity index (χ4n) is 2.37. The van der Waals surface area contributed by atoms with Crippen molar-refractivity contribution in [3.05, 3.63) is 70.8 Å². The van der Waals surface area contributed by atoms with Gasteiger partial charge < -0.3 is 4.74 Å². The number of carbonyl (C=O) groups excluding carboxylic acids is 2. The number of ketones is 1. The second-order valence-electron chi connectivity index (χ2n) is 6.93. The number of esters is 1. The molecule has 4 nitrogen and oxygen atoms in total. The summed E-state index contributed by atoms with van der Waals surface area (Å²) in [6.07, 6.45) is -0.904. The van der Waals surface area contributed by atoms with Gasteiger partial charge in [0.1, 0.15) is 0 Å². The molecule has 0 bridgehead atoms. The van der Waals surface area contributed by atoms with Crippen molar-refractivity contribution in [2.75, 3.05) is 0 Å². The summed E-state index contributed by atoms with van der Waals surface area (Å²) < 4.78 is 5.25. The molecule has 0 amide bonds. The standard InChI is InChI=1S/C21H21NO3/c1-14(25-20(24)17-7-5-6-15(12-17)13-22)19(23)16-8-10-18(11-9-16)21(2,3)4/h5-12,14H,1-4H3. The molecule has 0 radical (unpaired) electrons. The van der Waals surface area contributed by atoms with E-state index < -0.39 is 12.1 Å². The molecule has 0 spiro atoms. The normalized spacial score (nSPS) is 12.1. The van der Waals surface area contributed by atoms with Gasteiger partial charge in [-0.25, -0.2) is 4.79 Å². The third-order valence-corrected chi connectivity index (χ3v) is 3.92. The van der Waals surface area contributed by atoms with E-state index in [2.05, 4.69) is 20.8 Å². The van der Waals surface area contributed by atoms with Crippen molar-refractivity contribution in [1.82, 2.24) is 0 Å². The Morgan fingerprint density at radius 3 is 2.24 bits per heavy atom. The van der Waals surface area contributed by atoms with Gasteiger partial charge in [0.05, 0.1) is 17.2 Å². The Balaban J connectivity index is 2.09. The van der Waals surface area contributed by atoms with Gasteiger partial charge in [-0.3, -0.25) is 4.79 Å². The van der Waals surface area contributed by atoms with E-state index >= 15 is 0 Å². The molecule has 0 aliphatic heterocycles. The number of rotatable bonds is 4. The lowest BCUT2D eigenvalue weighted by Gasteiger charge is -2.19. The zero-order chi connectivity index (χ0) is 18.6. The second-order valence-corrected chi connectivity index (χ2v) is 6.93. The number of ether oxygens (including phenoxy) is 1. The van der Waals surface area contributed by atoms with Crippen LogP contribution in [0.3, 0.4) is 0 Å². The monoisotopic (exact) mass is 335 g/mol. The number of nitrogens with zero attached hydrogens (tertiary/aromatic N) is 1. The van der Waals surface area contributed by atoms with Crippen molar-refractivity contribution < 1.29 is 14.3 Å². The number of carbonyl (C=O) groups is 2. The SMILES string of the molecule is CC(OC(=O)c1cccc(C#N)c1)C(=O)c1ccc(C(C)(C)C)cc1. The lowest BCUT2D eigenvalue weighted by Crippen LogP contribution is -2.24. The minimum absolute atomic E-state index is 0.00538. The summed E-state index contributed by atoms with van der Waals surface area (Å²) in [5, 5.41) is 8.89. The Morgan fingerprint density at radius 2 is 1.68 bits per heavy atom. The highest BCUT2D eigenvalue weighted by Gasteiger charge is 2.21. The fraction of sp³-hybridized carbons (Fsp3) is 0.286. The highest BCUT2D eigenvalue weighted by Crippen LogP contribution is 2.22. The van der Waals surface area contributed by atoms with Gasteiger partial charge in [0.15, 0.2) is 6.10 Å². The van der Waals surface area contributed by atoms with E-state index in [-0.39, 0.29) is 16.8 Å². The summed E-state index contributed by atoms with van der Waals surface area (Å²) in [6, 6.07) is 15.5. The number of hydrogen-bond acceptors (Lipinski definition) is 4. The molecule has 2 aromatic carbocycles. The first-order valence-electron chi connectivity index (χ1n) is 8.08. The predicted molar refractivity (Wildman–Crippen MR) is 95.5 cm³/mol. The zero-order valence-corrected chi connectivity index (χ0v) is 14.9. The summed E-state index contributed by atoms with van der Waals surface area (Å²) in [7, 11) is 0. The van der Waals surface area contributed by atoms with Gasteiger partial charge in [-0.2, -0.15) is 5.26 Å². The van der Waals surface area contributed by atoms with Gasteiger partial charge in [0, 0.05) is 5.56 Å². The molecule has 2 aromatic rings. The Kier molecular flexibility index (Phi) is 5.38. The maximum atomic E-state index is 12.5. The lowest BCUT2D eigenvalue weighted by molar-refractivity contribution is 0.0319. The van der Waals surface area contributed by atoms with Crippen LogP contribution in [0.5, 0.6) is 0 Å². The fourth-order valence-corrected chi connectivity index (χ4v) is 2.37. The minimum atomic E-state index is -0.904. The predicted octanol–water partition coefficient (Wildman–Crippen LogP) is 4.28. The second kappa shape index (κ2) is 7.31. The third kappa shape index (κ3) is 4.54. The molecule has 0 aromatic heterocycles. The van der Waals surface area contributed by atoms with Gasteiger partial charge in [-0.15, -0.1) is 0 Å². The molecule has 2 rings (SSSR count). The van der Waals surface area contributed by atoms with E-state index in [0.717, 1.165) is 5.56 Å². The summed E-state index contributed by atoms with van der Waals surface area (Å²) in [4.78, 5) is 24.6. The average molecular weight is 335 g/mol. The average Bonchev–Trinajstić information content (AvgIpc) is 2.60. The maximum absolute atomic E-state index is 12.5. The van der Waals surface area contributed by atoms with Crippen LogP contribution in [0.4, 0.5) is 0 Å². The van der Waals surface area contributed by atoms with Gasteiger partial charge in [0.25, 0.3) is 0 Å². The first kappa shape index (κ1) is 18.4. The van der Waals surface area contributed by atoms with E-state index in [9.17, 15) is 9.59 Å². The molecule has 1 unspecified atom stereocenters. The van der Waals surface area contributed by atoms with Gasteiger partial charge in [-0.05, 0) is 36.1 Å².